The van der Waals surface area contributed by atoms with Crippen molar-refractivity contribution in [2.45, 2.75) is 31.7 Å². The van der Waals surface area contributed by atoms with E-state index in [-0.39, 0.29) is 0 Å². The highest BCUT2D eigenvalue weighted by Crippen LogP contribution is 2.42. The third-order valence-corrected chi connectivity index (χ3v) is 4.13. The maximum Gasteiger partial charge on any atom is 0.122 e. The van der Waals surface area contributed by atoms with Crippen LogP contribution in [0.5, 0.6) is 5.75 Å². The van der Waals surface area contributed by atoms with Gasteiger partial charge in [0.1, 0.15) is 5.75 Å². The minimum Gasteiger partial charge on any atom is -0.496 e. The molecule has 1 aromatic carbocycles. The van der Waals surface area contributed by atoms with Crippen molar-refractivity contribution in [1.29, 1.82) is 0 Å². The van der Waals surface area contributed by atoms with Gasteiger partial charge in [0.15, 0.2) is 0 Å². The molecule has 0 bridgehead atoms. The van der Waals surface area contributed by atoms with Crippen LogP contribution in [-0.4, -0.2) is 25.6 Å². The van der Waals surface area contributed by atoms with Crippen LogP contribution in [0.1, 0.15) is 35.6 Å². The minimum absolute atomic E-state index is 0.641. The van der Waals surface area contributed by atoms with E-state index >= 15 is 0 Å². The molecule has 1 aliphatic heterocycles. The summed E-state index contributed by atoms with van der Waals surface area (Å²) in [7, 11) is 4.04. The van der Waals surface area contributed by atoms with Crippen molar-refractivity contribution >= 4 is 0 Å². The molecule has 86 valence electrons. The molecular formula is C14H19NO. The molecule has 0 saturated heterocycles. The zero-order valence-electron chi connectivity index (χ0n) is 10.1. The molecule has 16 heavy (non-hydrogen) atoms. The first-order chi connectivity index (χ1) is 7.81. The summed E-state index contributed by atoms with van der Waals surface area (Å²) in [5.41, 5.74) is 4.61. The fraction of sp³-hybridized carbons (Fsp3) is 0.571. The highest BCUT2D eigenvalue weighted by molar-refractivity contribution is 5.49. The van der Waals surface area contributed by atoms with Gasteiger partial charge in [-0.2, -0.15) is 0 Å². The van der Waals surface area contributed by atoms with Crippen LogP contribution in [0, 0.1) is 0 Å². The van der Waals surface area contributed by atoms with E-state index < -0.39 is 0 Å². The number of hydrogen-bond donors (Lipinski definition) is 0. The molecule has 3 rings (SSSR count). The van der Waals surface area contributed by atoms with Crippen LogP contribution in [0.25, 0.3) is 0 Å². The van der Waals surface area contributed by atoms with Crippen molar-refractivity contribution in [1.82, 2.24) is 4.90 Å². The van der Waals surface area contributed by atoms with Gasteiger partial charge in [-0.05, 0) is 55.5 Å². The Morgan fingerprint density at radius 1 is 1.31 bits per heavy atom. The molecule has 0 N–H and O–H groups in total. The standard InChI is InChI=1S/C14H19NO/c1-15-9-8-10-6-7-13(16-2)11-4-3-5-12(15)14(10)11/h6-7,12H,3-5,8-9H2,1-2H3. The van der Waals surface area contributed by atoms with Gasteiger partial charge in [-0.1, -0.05) is 6.07 Å². The molecule has 0 saturated carbocycles. The third kappa shape index (κ3) is 1.36. The number of nitrogens with zero attached hydrogens (tertiary/aromatic N) is 1. The highest BCUT2D eigenvalue weighted by Gasteiger charge is 2.31. The number of hydrogen-bond acceptors (Lipinski definition) is 2. The minimum atomic E-state index is 0.641. The van der Waals surface area contributed by atoms with Gasteiger partial charge >= 0.3 is 0 Å². The van der Waals surface area contributed by atoms with Gasteiger partial charge in [-0.25, -0.2) is 0 Å². The second-order valence-corrected chi connectivity index (χ2v) is 4.96. The van der Waals surface area contributed by atoms with Gasteiger partial charge in [0.05, 0.1) is 7.11 Å². The fourth-order valence-electron chi connectivity index (χ4n) is 3.29. The Bertz CT molecular complexity index is 413. The van der Waals surface area contributed by atoms with E-state index in [0.717, 1.165) is 5.75 Å². The van der Waals surface area contributed by atoms with E-state index in [0.29, 0.717) is 6.04 Å². The van der Waals surface area contributed by atoms with Gasteiger partial charge < -0.3 is 4.74 Å². The van der Waals surface area contributed by atoms with Gasteiger partial charge in [0.2, 0.25) is 0 Å². The first-order valence-corrected chi connectivity index (χ1v) is 6.20. The number of methoxy groups -OCH3 is 1. The van der Waals surface area contributed by atoms with Crippen LogP contribution < -0.4 is 4.74 Å². The topological polar surface area (TPSA) is 12.5 Å². The van der Waals surface area contributed by atoms with E-state index in [4.69, 9.17) is 4.74 Å². The molecular weight excluding hydrogens is 198 g/mol. The smallest absolute Gasteiger partial charge is 0.122 e. The Morgan fingerprint density at radius 3 is 3.00 bits per heavy atom. The first kappa shape index (κ1) is 10.2. The maximum absolute atomic E-state index is 5.50. The molecule has 1 aromatic rings. The average Bonchev–Trinajstić information content (AvgIpc) is 2.34. The predicted molar refractivity (Wildman–Crippen MR) is 65.0 cm³/mol. The molecule has 0 aromatic heterocycles. The van der Waals surface area contributed by atoms with Crippen LogP contribution in [0.15, 0.2) is 12.1 Å². The zero-order chi connectivity index (χ0) is 11.1. The molecule has 0 radical (unpaired) electrons. The summed E-state index contributed by atoms with van der Waals surface area (Å²) in [4.78, 5) is 2.50. The molecule has 0 amide bonds. The van der Waals surface area contributed by atoms with Crippen molar-refractivity contribution in [3.8, 4) is 5.75 Å². The number of rotatable bonds is 1. The van der Waals surface area contributed by atoms with Crippen LogP contribution in [-0.2, 0) is 12.8 Å². The normalized spacial score (nSPS) is 24.0. The lowest BCUT2D eigenvalue weighted by Crippen LogP contribution is -2.34. The van der Waals surface area contributed by atoms with Gasteiger partial charge in [0.25, 0.3) is 0 Å². The molecule has 2 heteroatoms. The number of ether oxygens (including phenoxy) is 1. The summed E-state index contributed by atoms with van der Waals surface area (Å²) >= 11 is 0. The summed E-state index contributed by atoms with van der Waals surface area (Å²) in [6.07, 6.45) is 4.99. The van der Waals surface area contributed by atoms with Crippen molar-refractivity contribution in [2.75, 3.05) is 20.7 Å². The Balaban J connectivity index is 2.18. The van der Waals surface area contributed by atoms with Gasteiger partial charge in [-0.3, -0.25) is 4.90 Å². The summed E-state index contributed by atoms with van der Waals surface area (Å²) < 4.78 is 5.50. The first-order valence-electron chi connectivity index (χ1n) is 6.20. The van der Waals surface area contributed by atoms with E-state index in [1.54, 1.807) is 18.2 Å². The predicted octanol–water partition coefficient (Wildman–Crippen LogP) is 2.56. The van der Waals surface area contributed by atoms with Crippen molar-refractivity contribution in [3.05, 3.63) is 28.8 Å². The highest BCUT2D eigenvalue weighted by atomic mass is 16.5. The average molecular weight is 217 g/mol. The molecule has 2 nitrogen and oxygen atoms in total. The monoisotopic (exact) mass is 217 g/mol. The molecule has 1 atom stereocenters. The fourth-order valence-corrected chi connectivity index (χ4v) is 3.29. The zero-order valence-corrected chi connectivity index (χ0v) is 10.1. The number of benzene rings is 1. The van der Waals surface area contributed by atoms with Crippen molar-refractivity contribution in [2.24, 2.45) is 0 Å². The molecule has 1 heterocycles. The second kappa shape index (κ2) is 3.77. The second-order valence-electron chi connectivity index (χ2n) is 4.96. The Labute approximate surface area is 97.2 Å². The molecule has 1 unspecified atom stereocenters. The summed E-state index contributed by atoms with van der Waals surface area (Å²) in [6, 6.07) is 5.06. The quantitative estimate of drug-likeness (QED) is 0.717. The Hall–Kier alpha value is -1.02. The Kier molecular flexibility index (Phi) is 2.40. The lowest BCUT2D eigenvalue weighted by molar-refractivity contribution is 0.206. The third-order valence-electron chi connectivity index (χ3n) is 4.13. The SMILES string of the molecule is COc1ccc2c3c1CCCC3N(C)CC2. The molecule has 1 aliphatic carbocycles. The summed E-state index contributed by atoms with van der Waals surface area (Å²) in [6.45, 7) is 1.20. The van der Waals surface area contributed by atoms with Crippen LogP contribution in [0.4, 0.5) is 0 Å². The lowest BCUT2D eigenvalue weighted by atomic mass is 9.80. The largest absolute Gasteiger partial charge is 0.496 e. The van der Waals surface area contributed by atoms with E-state index in [1.807, 2.05) is 0 Å². The van der Waals surface area contributed by atoms with Gasteiger partial charge in [0, 0.05) is 12.6 Å². The van der Waals surface area contributed by atoms with Crippen LogP contribution in [0.2, 0.25) is 0 Å². The Morgan fingerprint density at radius 2 is 2.19 bits per heavy atom. The lowest BCUT2D eigenvalue weighted by Gasteiger charge is -2.39. The molecule has 0 fully saturated rings. The van der Waals surface area contributed by atoms with Gasteiger partial charge in [-0.15, -0.1) is 0 Å². The maximum atomic E-state index is 5.50. The van der Waals surface area contributed by atoms with E-state index in [1.165, 1.54) is 37.8 Å². The molecule has 0 spiro atoms. The summed E-state index contributed by atoms with van der Waals surface area (Å²) in [5.74, 6) is 1.10. The summed E-state index contributed by atoms with van der Waals surface area (Å²) in [5, 5.41) is 0. The van der Waals surface area contributed by atoms with E-state index in [9.17, 15) is 0 Å². The molecule has 2 aliphatic rings. The van der Waals surface area contributed by atoms with Crippen LogP contribution >= 0.6 is 0 Å². The van der Waals surface area contributed by atoms with Crippen molar-refractivity contribution in [3.63, 3.8) is 0 Å². The van der Waals surface area contributed by atoms with Crippen LogP contribution in [0.3, 0.4) is 0 Å². The van der Waals surface area contributed by atoms with E-state index in [2.05, 4.69) is 24.1 Å². The number of likely N-dealkylation sites (N-methyl/N-ethyl adjacent to an activating group) is 1. The van der Waals surface area contributed by atoms with Crippen molar-refractivity contribution < 1.29 is 4.74 Å².